The van der Waals surface area contributed by atoms with Gasteiger partial charge in [0.05, 0.1) is 0 Å². The molecule has 19 heavy (non-hydrogen) atoms. The molecule has 1 fully saturated rings. The molecule has 1 heterocycles. The van der Waals surface area contributed by atoms with Gasteiger partial charge in [-0.2, -0.15) is 0 Å². The molecule has 1 aliphatic rings. The van der Waals surface area contributed by atoms with E-state index in [4.69, 9.17) is 16.3 Å². The smallest absolute Gasteiger partial charge is 0.350 e. The minimum Gasteiger partial charge on any atom is -0.617 e. The molecule has 0 saturated heterocycles. The van der Waals surface area contributed by atoms with Crippen molar-refractivity contribution >= 4 is 22.6 Å². The Morgan fingerprint density at radius 1 is 1.37 bits per heavy atom. The Morgan fingerprint density at radius 3 is 2.84 bits per heavy atom. The van der Waals surface area contributed by atoms with E-state index in [9.17, 15) is 9.60 Å². The van der Waals surface area contributed by atoms with Gasteiger partial charge in [0, 0.05) is 6.07 Å². The third-order valence-electron chi connectivity index (χ3n) is 3.31. The van der Waals surface area contributed by atoms with E-state index in [1.54, 1.807) is 0 Å². The van der Waals surface area contributed by atoms with Crippen LogP contribution in [0.4, 0.5) is 4.39 Å². The number of nitrogens with zero attached hydrogens (tertiary/aromatic N) is 2. The summed E-state index contributed by atoms with van der Waals surface area (Å²) in [6.07, 6.45) is 4.16. The maximum atomic E-state index is 13.1. The number of rotatable bonds is 2. The molecule has 1 aliphatic carbocycles. The molecule has 6 heteroatoms. The average molecular weight is 283 g/mol. The molecule has 100 valence electrons. The monoisotopic (exact) mass is 282 g/mol. The summed E-state index contributed by atoms with van der Waals surface area (Å²) >= 11 is 5.94. The third-order valence-corrected chi connectivity index (χ3v) is 3.63. The van der Waals surface area contributed by atoms with E-state index in [1.807, 2.05) is 0 Å². The van der Waals surface area contributed by atoms with Gasteiger partial charge in [0.15, 0.2) is 0 Å². The summed E-state index contributed by atoms with van der Waals surface area (Å²) < 4.78 is 19.2. The van der Waals surface area contributed by atoms with Crippen molar-refractivity contribution in [2.75, 3.05) is 0 Å². The Bertz CT molecular complexity index is 630. The van der Waals surface area contributed by atoms with Crippen LogP contribution in [0.2, 0.25) is 5.15 Å². The molecule has 1 aromatic carbocycles. The van der Waals surface area contributed by atoms with Crippen LogP contribution in [0.25, 0.3) is 11.0 Å². The Hall–Kier alpha value is -1.62. The molecule has 0 radical (unpaired) electrons. The number of benzene rings is 1. The van der Waals surface area contributed by atoms with E-state index in [2.05, 4.69) is 4.98 Å². The van der Waals surface area contributed by atoms with Gasteiger partial charge < -0.3 is 9.94 Å². The van der Waals surface area contributed by atoms with Crippen LogP contribution in [-0.2, 0) is 0 Å². The van der Waals surface area contributed by atoms with Crippen molar-refractivity contribution in [1.82, 2.24) is 4.98 Å². The summed E-state index contributed by atoms with van der Waals surface area (Å²) in [4.78, 5) is 4.20. The van der Waals surface area contributed by atoms with Gasteiger partial charge >= 0.3 is 11.0 Å². The normalized spacial score (nSPS) is 16.1. The SMILES string of the molecule is [O-][n+]1c(Cl)c(OC2CCCC2)nc2ccc(F)cc21. The fourth-order valence-electron chi connectivity index (χ4n) is 2.34. The second-order valence-electron chi connectivity index (χ2n) is 4.66. The maximum absolute atomic E-state index is 13.1. The van der Waals surface area contributed by atoms with E-state index in [0.717, 1.165) is 31.7 Å². The van der Waals surface area contributed by atoms with E-state index in [0.29, 0.717) is 10.2 Å². The van der Waals surface area contributed by atoms with Crippen LogP contribution in [0.3, 0.4) is 0 Å². The highest BCUT2D eigenvalue weighted by molar-refractivity contribution is 6.29. The lowest BCUT2D eigenvalue weighted by Crippen LogP contribution is -2.30. The Morgan fingerprint density at radius 2 is 2.11 bits per heavy atom. The van der Waals surface area contributed by atoms with Crippen LogP contribution in [0.5, 0.6) is 5.88 Å². The molecule has 0 bridgehead atoms. The van der Waals surface area contributed by atoms with E-state index in [1.165, 1.54) is 12.1 Å². The summed E-state index contributed by atoms with van der Waals surface area (Å²) in [7, 11) is 0. The van der Waals surface area contributed by atoms with Crippen LogP contribution >= 0.6 is 11.6 Å². The number of halogens is 2. The first-order valence-electron chi connectivity index (χ1n) is 6.20. The van der Waals surface area contributed by atoms with Crippen LogP contribution in [0, 0.1) is 11.0 Å². The summed E-state index contributed by atoms with van der Waals surface area (Å²) in [5.74, 6) is -0.373. The van der Waals surface area contributed by atoms with Gasteiger partial charge in [0.1, 0.15) is 17.4 Å². The van der Waals surface area contributed by atoms with Gasteiger partial charge in [-0.1, -0.05) is 0 Å². The number of hydrogen-bond acceptors (Lipinski definition) is 3. The van der Waals surface area contributed by atoms with E-state index >= 15 is 0 Å². The minimum atomic E-state index is -0.501. The largest absolute Gasteiger partial charge is 0.617 e. The molecule has 1 aromatic heterocycles. The summed E-state index contributed by atoms with van der Waals surface area (Å²) in [5, 5.41) is 11.8. The van der Waals surface area contributed by atoms with Crippen molar-refractivity contribution in [3.63, 3.8) is 0 Å². The molecule has 0 aliphatic heterocycles. The third kappa shape index (κ3) is 2.30. The molecule has 0 spiro atoms. The van der Waals surface area contributed by atoms with Crippen LogP contribution < -0.4 is 9.47 Å². The van der Waals surface area contributed by atoms with Crippen molar-refractivity contribution in [3.05, 3.63) is 34.4 Å². The quantitative estimate of drug-likeness (QED) is 0.628. The summed E-state index contributed by atoms with van der Waals surface area (Å²) in [6.45, 7) is 0. The molecule has 4 nitrogen and oxygen atoms in total. The number of hydrogen-bond donors (Lipinski definition) is 0. The zero-order valence-electron chi connectivity index (χ0n) is 10.1. The molecule has 1 saturated carbocycles. The molecule has 0 atom stereocenters. The average Bonchev–Trinajstić information content (AvgIpc) is 2.89. The molecular formula is C13H12ClFN2O2. The van der Waals surface area contributed by atoms with Crippen molar-refractivity contribution in [2.24, 2.45) is 0 Å². The molecule has 0 amide bonds. The molecule has 3 rings (SSSR count). The number of ether oxygens (including phenoxy) is 1. The Labute approximate surface area is 114 Å². The van der Waals surface area contributed by atoms with Gasteiger partial charge in [-0.3, -0.25) is 0 Å². The first-order valence-corrected chi connectivity index (χ1v) is 6.58. The topological polar surface area (TPSA) is 49.1 Å². The predicted octanol–water partition coefficient (Wildman–Crippen LogP) is 2.98. The second kappa shape index (κ2) is 4.81. The highest BCUT2D eigenvalue weighted by atomic mass is 35.5. The fraction of sp³-hybridized carbons (Fsp3) is 0.385. The molecule has 0 N–H and O–H groups in total. The second-order valence-corrected chi connectivity index (χ2v) is 5.02. The Kier molecular flexibility index (Phi) is 3.14. The highest BCUT2D eigenvalue weighted by Gasteiger charge is 2.24. The van der Waals surface area contributed by atoms with Gasteiger partial charge in [-0.05, 0) is 49.4 Å². The fourth-order valence-corrected chi connectivity index (χ4v) is 2.52. The summed E-state index contributed by atoms with van der Waals surface area (Å²) in [6, 6.07) is 3.81. The molecule has 0 unspecified atom stereocenters. The maximum Gasteiger partial charge on any atom is 0.350 e. The number of aromatic nitrogens is 2. The first-order chi connectivity index (χ1) is 9.15. The lowest BCUT2D eigenvalue weighted by molar-refractivity contribution is -0.575. The highest BCUT2D eigenvalue weighted by Crippen LogP contribution is 2.27. The van der Waals surface area contributed by atoms with Crippen molar-refractivity contribution < 1.29 is 13.9 Å². The van der Waals surface area contributed by atoms with E-state index in [-0.39, 0.29) is 22.7 Å². The van der Waals surface area contributed by atoms with Gasteiger partial charge in [0.25, 0.3) is 0 Å². The summed E-state index contributed by atoms with van der Waals surface area (Å²) in [5.41, 5.74) is 0.470. The molecule has 2 aromatic rings. The first kappa shape index (κ1) is 12.4. The van der Waals surface area contributed by atoms with Crippen molar-refractivity contribution in [1.29, 1.82) is 0 Å². The standard InChI is InChI=1S/C13H12ClFN2O2/c14-12-13(19-9-3-1-2-4-9)16-10-6-5-8(15)7-11(10)17(12)18/h5-7,9H,1-4H2. The minimum absolute atomic E-state index is 0.0582. The molecular weight excluding hydrogens is 271 g/mol. The van der Waals surface area contributed by atoms with Gasteiger partial charge in [0.2, 0.25) is 5.52 Å². The van der Waals surface area contributed by atoms with Crippen molar-refractivity contribution in [2.45, 2.75) is 31.8 Å². The van der Waals surface area contributed by atoms with Crippen LogP contribution in [0.15, 0.2) is 18.2 Å². The zero-order chi connectivity index (χ0) is 13.4. The van der Waals surface area contributed by atoms with Gasteiger partial charge in [-0.25, -0.2) is 9.37 Å². The van der Waals surface area contributed by atoms with Crippen LogP contribution in [-0.4, -0.2) is 11.1 Å². The van der Waals surface area contributed by atoms with Crippen LogP contribution in [0.1, 0.15) is 25.7 Å². The predicted molar refractivity (Wildman–Crippen MR) is 68.6 cm³/mol. The van der Waals surface area contributed by atoms with E-state index < -0.39 is 5.82 Å². The number of fused-ring (bicyclic) bond motifs is 1. The lowest BCUT2D eigenvalue weighted by atomic mass is 10.3. The zero-order valence-corrected chi connectivity index (χ0v) is 10.9. The van der Waals surface area contributed by atoms with Crippen molar-refractivity contribution in [3.8, 4) is 5.88 Å². The van der Waals surface area contributed by atoms with Gasteiger partial charge in [-0.15, -0.1) is 4.73 Å². The lowest BCUT2D eigenvalue weighted by Gasteiger charge is -2.13. The Balaban J connectivity index is 2.05.